The molecule has 1 N–H and O–H groups in total. The molecule has 0 saturated carbocycles. The van der Waals surface area contributed by atoms with Gasteiger partial charge in [0.15, 0.2) is 0 Å². The average molecular weight is 235 g/mol. The summed E-state index contributed by atoms with van der Waals surface area (Å²) in [5.41, 5.74) is 0.754. The van der Waals surface area contributed by atoms with Crippen LogP contribution in [0.15, 0.2) is 30.3 Å². The van der Waals surface area contributed by atoms with E-state index in [-0.39, 0.29) is 17.9 Å². The van der Waals surface area contributed by atoms with Gasteiger partial charge in [0.05, 0.1) is 11.0 Å². The number of hydrogen-bond donors (Lipinski definition) is 1. The standard InChI is InChI=1S/C12H13NO4/c1-9(14)8-12(15)7-4-10-2-5-11(6-3-10)13(16)17/h2-7,12,15H,8H2,1H3. The molecule has 1 unspecified atom stereocenters. The van der Waals surface area contributed by atoms with E-state index in [2.05, 4.69) is 0 Å². The predicted molar refractivity (Wildman–Crippen MR) is 63.4 cm³/mol. The van der Waals surface area contributed by atoms with Crippen molar-refractivity contribution in [2.75, 3.05) is 0 Å². The van der Waals surface area contributed by atoms with Crippen LogP contribution in [0.2, 0.25) is 0 Å². The van der Waals surface area contributed by atoms with Crippen LogP contribution in [0, 0.1) is 10.1 Å². The summed E-state index contributed by atoms with van der Waals surface area (Å²) in [6, 6.07) is 5.93. The SMILES string of the molecule is CC(=O)CC(O)C=Cc1ccc([N+](=O)[O-])cc1. The fourth-order valence-corrected chi connectivity index (χ4v) is 1.29. The summed E-state index contributed by atoms with van der Waals surface area (Å²) in [6.07, 6.45) is 2.37. The number of nitro groups is 1. The zero-order valence-corrected chi connectivity index (χ0v) is 9.37. The van der Waals surface area contributed by atoms with Gasteiger partial charge in [-0.05, 0) is 24.6 Å². The molecule has 0 aliphatic rings. The minimum absolute atomic E-state index is 0.0198. The van der Waals surface area contributed by atoms with Gasteiger partial charge in [-0.3, -0.25) is 14.9 Å². The van der Waals surface area contributed by atoms with Gasteiger partial charge in [0.1, 0.15) is 5.78 Å². The van der Waals surface area contributed by atoms with Crippen LogP contribution in [-0.4, -0.2) is 21.9 Å². The Balaban J connectivity index is 2.65. The maximum absolute atomic E-state index is 10.7. The summed E-state index contributed by atoms with van der Waals surface area (Å²) in [7, 11) is 0. The highest BCUT2D eigenvalue weighted by atomic mass is 16.6. The summed E-state index contributed by atoms with van der Waals surface area (Å²) in [5.74, 6) is -0.0918. The normalized spacial score (nSPS) is 12.6. The predicted octanol–water partition coefficient (Wildman–Crippen LogP) is 1.95. The van der Waals surface area contributed by atoms with Crippen molar-refractivity contribution in [3.8, 4) is 0 Å². The molecule has 0 heterocycles. The number of aliphatic hydroxyl groups is 1. The quantitative estimate of drug-likeness (QED) is 0.624. The van der Waals surface area contributed by atoms with Crippen LogP contribution in [0.1, 0.15) is 18.9 Å². The first-order valence-corrected chi connectivity index (χ1v) is 5.09. The van der Waals surface area contributed by atoms with Gasteiger partial charge in [-0.25, -0.2) is 0 Å². The van der Waals surface area contributed by atoms with Crippen molar-refractivity contribution in [3.63, 3.8) is 0 Å². The van der Waals surface area contributed by atoms with Gasteiger partial charge in [0.2, 0.25) is 0 Å². The second-order valence-electron chi connectivity index (χ2n) is 3.68. The lowest BCUT2D eigenvalue weighted by molar-refractivity contribution is -0.384. The van der Waals surface area contributed by atoms with E-state index in [1.807, 2.05) is 0 Å². The van der Waals surface area contributed by atoms with Gasteiger partial charge >= 0.3 is 0 Å². The zero-order chi connectivity index (χ0) is 12.8. The lowest BCUT2D eigenvalue weighted by Gasteiger charge is -2.01. The molecule has 5 heteroatoms. The lowest BCUT2D eigenvalue weighted by Crippen LogP contribution is -2.07. The molecular weight excluding hydrogens is 222 g/mol. The molecule has 1 rings (SSSR count). The summed E-state index contributed by atoms with van der Waals surface area (Å²) in [5, 5.41) is 19.8. The van der Waals surface area contributed by atoms with E-state index in [0.29, 0.717) is 0 Å². The third-order valence-electron chi connectivity index (χ3n) is 2.11. The molecule has 0 spiro atoms. The van der Waals surface area contributed by atoms with Crippen LogP contribution in [0.3, 0.4) is 0 Å². The van der Waals surface area contributed by atoms with E-state index in [1.165, 1.54) is 25.1 Å². The largest absolute Gasteiger partial charge is 0.389 e. The van der Waals surface area contributed by atoms with E-state index in [1.54, 1.807) is 18.2 Å². The number of carbonyl (C=O) groups is 1. The highest BCUT2D eigenvalue weighted by molar-refractivity contribution is 5.76. The van der Waals surface area contributed by atoms with Crippen molar-refractivity contribution < 1.29 is 14.8 Å². The molecule has 5 nitrogen and oxygen atoms in total. The third-order valence-corrected chi connectivity index (χ3v) is 2.11. The Morgan fingerprint density at radius 3 is 2.53 bits per heavy atom. The summed E-state index contributed by atoms with van der Waals surface area (Å²) in [4.78, 5) is 20.7. The van der Waals surface area contributed by atoms with E-state index in [4.69, 9.17) is 0 Å². The molecule has 0 aliphatic carbocycles. The minimum atomic E-state index is -0.817. The van der Waals surface area contributed by atoms with E-state index < -0.39 is 11.0 Å². The molecule has 90 valence electrons. The number of carbonyl (C=O) groups excluding carboxylic acids is 1. The number of non-ortho nitro benzene ring substituents is 1. The van der Waals surface area contributed by atoms with Crippen LogP contribution in [0.25, 0.3) is 6.08 Å². The molecule has 0 saturated heterocycles. The fourth-order valence-electron chi connectivity index (χ4n) is 1.29. The number of Topliss-reactive ketones (excluding diaryl/α,β-unsaturated/α-hetero) is 1. The molecule has 0 bridgehead atoms. The maximum Gasteiger partial charge on any atom is 0.269 e. The first-order valence-electron chi connectivity index (χ1n) is 5.09. The second kappa shape index (κ2) is 5.91. The second-order valence-corrected chi connectivity index (χ2v) is 3.68. The monoisotopic (exact) mass is 235 g/mol. The highest BCUT2D eigenvalue weighted by Crippen LogP contribution is 2.13. The highest BCUT2D eigenvalue weighted by Gasteiger charge is 2.04. The number of ketones is 1. The Morgan fingerprint density at radius 2 is 2.06 bits per heavy atom. The molecule has 17 heavy (non-hydrogen) atoms. The molecule has 1 aromatic rings. The van der Waals surface area contributed by atoms with E-state index in [9.17, 15) is 20.0 Å². The molecule has 0 fully saturated rings. The van der Waals surface area contributed by atoms with Gasteiger partial charge in [0.25, 0.3) is 5.69 Å². The molecule has 0 radical (unpaired) electrons. The third kappa shape index (κ3) is 4.56. The summed E-state index contributed by atoms with van der Waals surface area (Å²) in [6.45, 7) is 1.41. The first-order chi connectivity index (χ1) is 7.99. The van der Waals surface area contributed by atoms with Gasteiger partial charge in [0, 0.05) is 18.6 Å². The molecular formula is C12H13NO4. The van der Waals surface area contributed by atoms with Crippen molar-refractivity contribution >= 4 is 17.5 Å². The first kappa shape index (κ1) is 13.1. The van der Waals surface area contributed by atoms with Crippen molar-refractivity contribution in [1.82, 2.24) is 0 Å². The van der Waals surface area contributed by atoms with Crippen LogP contribution < -0.4 is 0 Å². The van der Waals surface area contributed by atoms with Gasteiger partial charge in [-0.15, -0.1) is 0 Å². The summed E-state index contributed by atoms with van der Waals surface area (Å²) >= 11 is 0. The molecule has 1 aromatic carbocycles. The van der Waals surface area contributed by atoms with E-state index >= 15 is 0 Å². The van der Waals surface area contributed by atoms with Crippen molar-refractivity contribution in [2.24, 2.45) is 0 Å². The van der Waals surface area contributed by atoms with Crippen LogP contribution in [0.5, 0.6) is 0 Å². The van der Waals surface area contributed by atoms with Gasteiger partial charge in [-0.1, -0.05) is 12.2 Å². The number of nitro benzene ring substituents is 1. The molecule has 0 aromatic heterocycles. The van der Waals surface area contributed by atoms with E-state index in [0.717, 1.165) is 5.56 Å². The van der Waals surface area contributed by atoms with Crippen molar-refractivity contribution in [1.29, 1.82) is 0 Å². The Labute approximate surface area is 98.5 Å². The number of rotatable bonds is 5. The number of benzene rings is 1. The Kier molecular flexibility index (Phi) is 4.54. The topological polar surface area (TPSA) is 80.4 Å². The fraction of sp³-hybridized carbons (Fsp3) is 0.250. The summed E-state index contributed by atoms with van der Waals surface area (Å²) < 4.78 is 0. The van der Waals surface area contributed by atoms with Crippen LogP contribution in [-0.2, 0) is 4.79 Å². The Hall–Kier alpha value is -2.01. The van der Waals surface area contributed by atoms with Crippen LogP contribution in [0.4, 0.5) is 5.69 Å². The number of nitrogens with zero attached hydrogens (tertiary/aromatic N) is 1. The molecule has 1 atom stereocenters. The molecule has 0 amide bonds. The lowest BCUT2D eigenvalue weighted by atomic mass is 10.1. The minimum Gasteiger partial charge on any atom is -0.389 e. The van der Waals surface area contributed by atoms with Crippen LogP contribution >= 0.6 is 0 Å². The zero-order valence-electron chi connectivity index (χ0n) is 9.37. The van der Waals surface area contributed by atoms with Gasteiger partial charge in [-0.2, -0.15) is 0 Å². The average Bonchev–Trinajstić information content (AvgIpc) is 2.26. The number of aliphatic hydroxyl groups excluding tert-OH is 1. The Morgan fingerprint density at radius 1 is 1.47 bits per heavy atom. The smallest absolute Gasteiger partial charge is 0.269 e. The van der Waals surface area contributed by atoms with Crippen molar-refractivity contribution in [3.05, 3.63) is 46.0 Å². The molecule has 0 aliphatic heterocycles. The Bertz CT molecular complexity index is 436. The number of hydrogen-bond acceptors (Lipinski definition) is 4. The van der Waals surface area contributed by atoms with Gasteiger partial charge < -0.3 is 5.11 Å². The van der Waals surface area contributed by atoms with Crippen molar-refractivity contribution in [2.45, 2.75) is 19.4 Å². The maximum atomic E-state index is 10.7.